The molecule has 5 nitrogen and oxygen atoms in total. The minimum Gasteiger partial charge on any atom is -0.339 e. The Hall–Kier alpha value is -1.82. The number of piperidine rings is 1. The van der Waals surface area contributed by atoms with Gasteiger partial charge in [-0.3, -0.25) is 14.2 Å². The van der Waals surface area contributed by atoms with E-state index in [0.717, 1.165) is 25.8 Å². The standard InChI is InChI=1S/C22H29N3O2S/c1-2-13-25-21(27)17-10-4-5-11-18(17)23-22(25)28-15-20(26)24-14-7-9-16-8-3-6-12-19(16)24/h4-5,10-11,16,19H,2-3,6-9,12-15H2,1H3. The van der Waals surface area contributed by atoms with Gasteiger partial charge in [0.05, 0.1) is 16.7 Å². The monoisotopic (exact) mass is 399 g/mol. The molecule has 0 N–H and O–H groups in total. The lowest BCUT2D eigenvalue weighted by Gasteiger charge is -2.44. The maximum Gasteiger partial charge on any atom is 0.262 e. The van der Waals surface area contributed by atoms with E-state index >= 15 is 0 Å². The van der Waals surface area contributed by atoms with Crippen LogP contribution in [0.25, 0.3) is 10.9 Å². The number of hydrogen-bond donors (Lipinski definition) is 0. The topological polar surface area (TPSA) is 55.2 Å². The molecule has 28 heavy (non-hydrogen) atoms. The van der Waals surface area contributed by atoms with E-state index in [0.29, 0.717) is 40.3 Å². The van der Waals surface area contributed by atoms with Crippen LogP contribution in [0.4, 0.5) is 0 Å². The number of para-hydroxylation sites is 1. The van der Waals surface area contributed by atoms with Gasteiger partial charge in [-0.25, -0.2) is 4.98 Å². The van der Waals surface area contributed by atoms with Gasteiger partial charge in [-0.2, -0.15) is 0 Å². The maximum absolute atomic E-state index is 13.0. The fourth-order valence-corrected chi connectivity index (χ4v) is 5.73. The van der Waals surface area contributed by atoms with Crippen LogP contribution in [0.3, 0.4) is 0 Å². The summed E-state index contributed by atoms with van der Waals surface area (Å²) in [6.45, 7) is 3.56. The summed E-state index contributed by atoms with van der Waals surface area (Å²) in [7, 11) is 0. The number of carbonyl (C=O) groups excluding carboxylic acids is 1. The van der Waals surface area contributed by atoms with E-state index in [9.17, 15) is 9.59 Å². The third kappa shape index (κ3) is 3.84. The van der Waals surface area contributed by atoms with Crippen LogP contribution in [0, 0.1) is 5.92 Å². The summed E-state index contributed by atoms with van der Waals surface area (Å²) in [5, 5.41) is 1.31. The zero-order chi connectivity index (χ0) is 19.5. The lowest BCUT2D eigenvalue weighted by atomic mass is 9.78. The van der Waals surface area contributed by atoms with E-state index in [1.165, 1.54) is 37.4 Å². The number of nitrogens with zero attached hydrogens (tertiary/aromatic N) is 3. The Bertz CT molecular complexity index is 908. The van der Waals surface area contributed by atoms with Crippen molar-refractivity contribution < 1.29 is 4.79 Å². The third-order valence-electron chi connectivity index (χ3n) is 6.16. The molecule has 2 atom stereocenters. The number of thioether (sulfide) groups is 1. The Morgan fingerprint density at radius 3 is 2.82 bits per heavy atom. The van der Waals surface area contributed by atoms with Gasteiger partial charge >= 0.3 is 0 Å². The summed E-state index contributed by atoms with van der Waals surface area (Å²) < 4.78 is 1.74. The zero-order valence-electron chi connectivity index (χ0n) is 16.6. The number of carbonyl (C=O) groups is 1. The van der Waals surface area contributed by atoms with Crippen molar-refractivity contribution in [3.63, 3.8) is 0 Å². The predicted octanol–water partition coefficient (Wildman–Crippen LogP) is 4.08. The first-order chi connectivity index (χ1) is 13.7. The molecule has 1 saturated carbocycles. The average Bonchev–Trinajstić information content (AvgIpc) is 2.74. The molecule has 2 heterocycles. The van der Waals surface area contributed by atoms with Crippen LogP contribution < -0.4 is 5.56 Å². The molecule has 2 aliphatic rings. The second-order valence-electron chi connectivity index (χ2n) is 8.00. The smallest absolute Gasteiger partial charge is 0.262 e. The largest absolute Gasteiger partial charge is 0.339 e. The van der Waals surface area contributed by atoms with Crippen molar-refractivity contribution in [2.24, 2.45) is 5.92 Å². The Morgan fingerprint density at radius 2 is 1.96 bits per heavy atom. The summed E-state index contributed by atoms with van der Waals surface area (Å²) >= 11 is 1.42. The molecule has 1 amide bonds. The number of benzene rings is 1. The van der Waals surface area contributed by atoms with Crippen molar-refractivity contribution in [3.8, 4) is 0 Å². The number of rotatable bonds is 5. The highest BCUT2D eigenvalue weighted by Gasteiger charge is 2.35. The molecule has 2 aromatic rings. The Balaban J connectivity index is 1.54. The Kier molecular flexibility index (Phi) is 6.04. The highest BCUT2D eigenvalue weighted by Crippen LogP contribution is 2.35. The lowest BCUT2D eigenvalue weighted by Crippen LogP contribution is -2.50. The highest BCUT2D eigenvalue weighted by atomic mass is 32.2. The number of fused-ring (bicyclic) bond motifs is 2. The quantitative estimate of drug-likeness (QED) is 0.562. The predicted molar refractivity (Wildman–Crippen MR) is 114 cm³/mol. The lowest BCUT2D eigenvalue weighted by molar-refractivity contribution is -0.134. The zero-order valence-corrected chi connectivity index (χ0v) is 17.4. The van der Waals surface area contributed by atoms with Gasteiger partial charge in [0.25, 0.3) is 5.56 Å². The number of likely N-dealkylation sites (tertiary alicyclic amines) is 1. The molecule has 0 bridgehead atoms. The summed E-state index contributed by atoms with van der Waals surface area (Å²) in [6.07, 6.45) is 8.20. The van der Waals surface area contributed by atoms with Crippen LogP contribution in [0.15, 0.2) is 34.2 Å². The molecule has 1 aromatic carbocycles. The van der Waals surface area contributed by atoms with Crippen LogP contribution >= 0.6 is 11.8 Å². The normalized spacial score (nSPS) is 22.2. The summed E-state index contributed by atoms with van der Waals surface area (Å²) in [6, 6.07) is 7.89. The molecule has 1 aromatic heterocycles. The second-order valence-corrected chi connectivity index (χ2v) is 8.94. The SMILES string of the molecule is CCCn1c(SCC(=O)N2CCCC3CCCCC32)nc2ccccc2c1=O. The molecular formula is C22H29N3O2S. The van der Waals surface area contributed by atoms with Gasteiger partial charge in [0.15, 0.2) is 5.16 Å². The van der Waals surface area contributed by atoms with Gasteiger partial charge < -0.3 is 4.90 Å². The molecule has 1 saturated heterocycles. The first kappa shape index (κ1) is 19.5. The van der Waals surface area contributed by atoms with Crippen molar-refractivity contribution in [1.82, 2.24) is 14.5 Å². The van der Waals surface area contributed by atoms with Gasteiger partial charge in [-0.05, 0) is 50.2 Å². The van der Waals surface area contributed by atoms with Crippen LogP contribution in [0.2, 0.25) is 0 Å². The summed E-state index contributed by atoms with van der Waals surface area (Å²) in [4.78, 5) is 32.8. The molecule has 4 rings (SSSR count). The number of amides is 1. The maximum atomic E-state index is 13.0. The van der Waals surface area contributed by atoms with Crippen LogP contribution in [0.5, 0.6) is 0 Å². The Morgan fingerprint density at radius 1 is 1.18 bits per heavy atom. The fourth-order valence-electron chi connectivity index (χ4n) is 4.82. The molecule has 2 fully saturated rings. The Labute approximate surface area is 170 Å². The van der Waals surface area contributed by atoms with Crippen molar-refractivity contribution in [3.05, 3.63) is 34.6 Å². The molecule has 1 aliphatic heterocycles. The van der Waals surface area contributed by atoms with Gasteiger partial charge in [-0.15, -0.1) is 0 Å². The van der Waals surface area contributed by atoms with Gasteiger partial charge in [0.2, 0.25) is 5.91 Å². The molecular weight excluding hydrogens is 370 g/mol. The van der Waals surface area contributed by atoms with Crippen LogP contribution in [0.1, 0.15) is 51.9 Å². The molecule has 150 valence electrons. The van der Waals surface area contributed by atoms with Crippen molar-refractivity contribution >= 4 is 28.6 Å². The van der Waals surface area contributed by atoms with Crippen LogP contribution in [-0.2, 0) is 11.3 Å². The van der Waals surface area contributed by atoms with E-state index in [2.05, 4.69) is 11.8 Å². The van der Waals surface area contributed by atoms with Crippen molar-refractivity contribution in [1.29, 1.82) is 0 Å². The fraction of sp³-hybridized carbons (Fsp3) is 0.591. The average molecular weight is 400 g/mol. The van der Waals surface area contributed by atoms with Gasteiger partial charge in [-0.1, -0.05) is 43.7 Å². The third-order valence-corrected chi connectivity index (χ3v) is 7.12. The first-order valence-electron chi connectivity index (χ1n) is 10.6. The van der Waals surface area contributed by atoms with E-state index in [1.807, 2.05) is 24.3 Å². The van der Waals surface area contributed by atoms with E-state index in [-0.39, 0.29) is 11.5 Å². The van der Waals surface area contributed by atoms with E-state index in [1.54, 1.807) is 4.57 Å². The summed E-state index contributed by atoms with van der Waals surface area (Å²) in [5.41, 5.74) is 0.702. The van der Waals surface area contributed by atoms with Crippen molar-refractivity contribution in [2.45, 2.75) is 69.6 Å². The summed E-state index contributed by atoms with van der Waals surface area (Å²) in [5.74, 6) is 1.25. The minimum absolute atomic E-state index is 0.00674. The molecule has 2 unspecified atom stereocenters. The number of hydrogen-bond acceptors (Lipinski definition) is 4. The number of aromatic nitrogens is 2. The molecule has 0 radical (unpaired) electrons. The highest BCUT2D eigenvalue weighted by molar-refractivity contribution is 7.99. The van der Waals surface area contributed by atoms with E-state index in [4.69, 9.17) is 4.98 Å². The van der Waals surface area contributed by atoms with E-state index < -0.39 is 0 Å². The van der Waals surface area contributed by atoms with Crippen molar-refractivity contribution in [2.75, 3.05) is 12.3 Å². The first-order valence-corrected chi connectivity index (χ1v) is 11.6. The minimum atomic E-state index is -0.00674. The molecule has 6 heteroatoms. The second kappa shape index (κ2) is 8.68. The molecule has 0 spiro atoms. The van der Waals surface area contributed by atoms with Gasteiger partial charge in [0.1, 0.15) is 0 Å². The molecule has 1 aliphatic carbocycles. The van der Waals surface area contributed by atoms with Crippen LogP contribution in [-0.4, -0.2) is 38.7 Å². The van der Waals surface area contributed by atoms with Gasteiger partial charge in [0, 0.05) is 19.1 Å².